The Morgan fingerprint density at radius 2 is 1.92 bits per heavy atom. The van der Waals surface area contributed by atoms with Crippen LogP contribution in [0.5, 0.6) is 0 Å². The second-order valence-electron chi connectivity index (χ2n) is 5.88. The maximum absolute atomic E-state index is 12.5. The van der Waals surface area contributed by atoms with Crippen LogP contribution in [0.1, 0.15) is 18.5 Å². The molecule has 2 aromatic heterocycles. The SMILES string of the molecule is FC(F)(F)c1ccc(N2CCC(NC(=S)Nc3cccnc3)CC2)nn1. The number of hydrogen-bond acceptors (Lipinski definition) is 5. The second kappa shape index (κ2) is 7.81. The third-order valence-electron chi connectivity index (χ3n) is 4.01. The lowest BCUT2D eigenvalue weighted by molar-refractivity contribution is -0.141. The summed E-state index contributed by atoms with van der Waals surface area (Å²) in [5.41, 5.74) is -0.174. The van der Waals surface area contributed by atoms with Crippen molar-refractivity contribution >= 4 is 28.8 Å². The van der Waals surface area contributed by atoms with Crippen LogP contribution in [0.15, 0.2) is 36.7 Å². The number of nitrogens with zero attached hydrogens (tertiary/aromatic N) is 4. The van der Waals surface area contributed by atoms with Gasteiger partial charge in [0.15, 0.2) is 16.6 Å². The van der Waals surface area contributed by atoms with Crippen molar-refractivity contribution in [3.05, 3.63) is 42.4 Å². The van der Waals surface area contributed by atoms with Crippen molar-refractivity contribution in [2.75, 3.05) is 23.3 Å². The lowest BCUT2D eigenvalue weighted by atomic mass is 10.1. The minimum Gasteiger partial charge on any atom is -0.360 e. The molecular formula is C16H17F3N6S. The van der Waals surface area contributed by atoms with E-state index in [0.717, 1.165) is 24.6 Å². The Hall–Kier alpha value is -2.49. The smallest absolute Gasteiger partial charge is 0.360 e. The van der Waals surface area contributed by atoms with Crippen LogP contribution in [-0.4, -0.2) is 39.4 Å². The number of thiocarbonyl (C=S) groups is 1. The number of rotatable bonds is 3. The molecule has 0 spiro atoms. The van der Waals surface area contributed by atoms with Crippen molar-refractivity contribution < 1.29 is 13.2 Å². The Labute approximate surface area is 153 Å². The second-order valence-corrected chi connectivity index (χ2v) is 6.28. The van der Waals surface area contributed by atoms with Gasteiger partial charge < -0.3 is 15.5 Å². The van der Waals surface area contributed by atoms with Crippen molar-refractivity contribution in [1.82, 2.24) is 20.5 Å². The van der Waals surface area contributed by atoms with Gasteiger partial charge in [0.05, 0.1) is 11.9 Å². The molecule has 2 N–H and O–H groups in total. The van der Waals surface area contributed by atoms with Crippen molar-refractivity contribution in [2.24, 2.45) is 0 Å². The van der Waals surface area contributed by atoms with E-state index < -0.39 is 11.9 Å². The predicted octanol–water partition coefficient (Wildman–Crippen LogP) is 2.85. The van der Waals surface area contributed by atoms with Crippen LogP contribution in [0.3, 0.4) is 0 Å². The fourth-order valence-corrected chi connectivity index (χ4v) is 2.97. The van der Waals surface area contributed by atoms with Crippen LogP contribution in [0.4, 0.5) is 24.7 Å². The monoisotopic (exact) mass is 382 g/mol. The van der Waals surface area contributed by atoms with Gasteiger partial charge in [0.25, 0.3) is 0 Å². The molecule has 0 unspecified atom stereocenters. The molecule has 1 aliphatic heterocycles. The number of alkyl halides is 3. The first-order valence-corrected chi connectivity index (χ1v) is 8.46. The number of halogens is 3. The standard InChI is InChI=1S/C16H17F3N6S/c17-16(18,19)13-3-4-14(24-23-13)25-8-5-11(6-9-25)21-15(26)22-12-2-1-7-20-10-12/h1-4,7,10-11H,5-6,8-9H2,(H2,21,22,26). The molecule has 1 fully saturated rings. The first-order valence-electron chi connectivity index (χ1n) is 8.05. The molecule has 3 heterocycles. The highest BCUT2D eigenvalue weighted by Gasteiger charge is 2.33. The molecule has 10 heteroatoms. The van der Waals surface area contributed by atoms with Crippen LogP contribution >= 0.6 is 12.2 Å². The van der Waals surface area contributed by atoms with Crippen molar-refractivity contribution in [3.8, 4) is 0 Å². The normalized spacial score (nSPS) is 15.6. The number of aromatic nitrogens is 3. The topological polar surface area (TPSA) is 66.0 Å². The summed E-state index contributed by atoms with van der Waals surface area (Å²) >= 11 is 5.30. The van der Waals surface area contributed by atoms with E-state index in [1.54, 1.807) is 12.4 Å². The third-order valence-corrected chi connectivity index (χ3v) is 4.23. The van der Waals surface area contributed by atoms with E-state index in [-0.39, 0.29) is 6.04 Å². The van der Waals surface area contributed by atoms with E-state index in [2.05, 4.69) is 25.8 Å². The van der Waals surface area contributed by atoms with Crippen LogP contribution < -0.4 is 15.5 Å². The Balaban J connectivity index is 1.49. The molecule has 6 nitrogen and oxygen atoms in total. The van der Waals surface area contributed by atoms with Crippen LogP contribution in [0.25, 0.3) is 0 Å². The van der Waals surface area contributed by atoms with E-state index in [0.29, 0.717) is 24.0 Å². The summed E-state index contributed by atoms with van der Waals surface area (Å²) in [5, 5.41) is 13.8. The van der Waals surface area contributed by atoms with Gasteiger partial charge in [-0.2, -0.15) is 13.2 Å². The average Bonchev–Trinajstić information content (AvgIpc) is 2.62. The van der Waals surface area contributed by atoms with E-state index >= 15 is 0 Å². The maximum atomic E-state index is 12.5. The van der Waals surface area contributed by atoms with Crippen molar-refractivity contribution in [2.45, 2.75) is 25.1 Å². The average molecular weight is 382 g/mol. The lowest BCUT2D eigenvalue weighted by Crippen LogP contribution is -2.46. The minimum absolute atomic E-state index is 0.185. The summed E-state index contributed by atoms with van der Waals surface area (Å²) < 4.78 is 37.6. The molecular weight excluding hydrogens is 365 g/mol. The molecule has 0 amide bonds. The number of pyridine rings is 1. The highest BCUT2D eigenvalue weighted by Crippen LogP contribution is 2.28. The van der Waals surface area contributed by atoms with Crippen molar-refractivity contribution in [3.63, 3.8) is 0 Å². The van der Waals surface area contributed by atoms with Gasteiger partial charge in [-0.15, -0.1) is 10.2 Å². The molecule has 0 aromatic carbocycles. The number of nitrogens with one attached hydrogen (secondary N) is 2. The van der Waals surface area contributed by atoms with Gasteiger partial charge in [0, 0.05) is 25.3 Å². The van der Waals surface area contributed by atoms with Gasteiger partial charge in [-0.25, -0.2) is 0 Å². The first kappa shape index (κ1) is 18.3. The molecule has 0 radical (unpaired) electrons. The lowest BCUT2D eigenvalue weighted by Gasteiger charge is -2.33. The van der Waals surface area contributed by atoms with Gasteiger partial charge in [0.2, 0.25) is 0 Å². The molecule has 1 aliphatic rings. The van der Waals surface area contributed by atoms with E-state index in [9.17, 15) is 13.2 Å². The zero-order valence-corrected chi connectivity index (χ0v) is 14.5. The molecule has 0 bridgehead atoms. The Morgan fingerprint density at radius 3 is 2.50 bits per heavy atom. The summed E-state index contributed by atoms with van der Waals surface area (Å²) in [4.78, 5) is 5.93. The third kappa shape index (κ3) is 4.78. The first-order chi connectivity index (χ1) is 12.4. The van der Waals surface area contributed by atoms with Crippen LogP contribution in [0, 0.1) is 0 Å². The summed E-state index contributed by atoms with van der Waals surface area (Å²) in [5.74, 6) is 0.451. The largest absolute Gasteiger partial charge is 0.435 e. The summed E-state index contributed by atoms with van der Waals surface area (Å²) in [6.07, 6.45) is 0.468. The molecule has 2 aromatic rings. The van der Waals surface area contributed by atoms with Gasteiger partial charge >= 0.3 is 6.18 Å². The zero-order valence-electron chi connectivity index (χ0n) is 13.7. The van der Waals surface area contributed by atoms with E-state index in [1.807, 2.05) is 17.0 Å². The van der Waals surface area contributed by atoms with Gasteiger partial charge in [-0.3, -0.25) is 4.98 Å². The fraction of sp³-hybridized carbons (Fsp3) is 0.375. The summed E-state index contributed by atoms with van der Waals surface area (Å²) in [7, 11) is 0. The number of hydrogen-bond donors (Lipinski definition) is 2. The molecule has 138 valence electrons. The quantitative estimate of drug-likeness (QED) is 0.792. The molecule has 0 atom stereocenters. The highest BCUT2D eigenvalue weighted by molar-refractivity contribution is 7.80. The van der Waals surface area contributed by atoms with Crippen LogP contribution in [-0.2, 0) is 6.18 Å². The predicted molar refractivity (Wildman–Crippen MR) is 95.9 cm³/mol. The Bertz CT molecular complexity index is 730. The molecule has 1 saturated heterocycles. The Morgan fingerprint density at radius 1 is 1.15 bits per heavy atom. The van der Waals surface area contributed by atoms with Gasteiger partial charge in [-0.05, 0) is 49.3 Å². The molecule has 26 heavy (non-hydrogen) atoms. The fourth-order valence-electron chi connectivity index (χ4n) is 2.69. The molecule has 3 rings (SSSR count). The highest BCUT2D eigenvalue weighted by atomic mass is 32.1. The molecule has 0 aliphatic carbocycles. The van der Waals surface area contributed by atoms with Gasteiger partial charge in [0.1, 0.15) is 0 Å². The van der Waals surface area contributed by atoms with E-state index in [1.165, 1.54) is 6.07 Å². The number of anilines is 2. The Kier molecular flexibility index (Phi) is 5.50. The van der Waals surface area contributed by atoms with E-state index in [4.69, 9.17) is 12.2 Å². The van der Waals surface area contributed by atoms with Crippen LogP contribution in [0.2, 0.25) is 0 Å². The minimum atomic E-state index is -4.47. The summed E-state index contributed by atoms with van der Waals surface area (Å²) in [6.45, 7) is 1.32. The summed E-state index contributed by atoms with van der Waals surface area (Å²) in [6, 6.07) is 6.18. The van der Waals surface area contributed by atoms with Gasteiger partial charge in [-0.1, -0.05) is 0 Å². The maximum Gasteiger partial charge on any atom is 0.435 e. The van der Waals surface area contributed by atoms with Crippen molar-refractivity contribution in [1.29, 1.82) is 0 Å². The zero-order chi connectivity index (χ0) is 18.6. The number of piperidine rings is 1. The molecule has 0 saturated carbocycles.